The third-order valence-electron chi connectivity index (χ3n) is 4.05. The van der Waals surface area contributed by atoms with E-state index in [1.807, 2.05) is 18.2 Å². The molecule has 0 spiro atoms. The number of methoxy groups -OCH3 is 1. The minimum atomic E-state index is -0.537. The predicted molar refractivity (Wildman–Crippen MR) is 98.3 cm³/mol. The minimum Gasteiger partial charge on any atom is -0.493 e. The van der Waals surface area contributed by atoms with Crippen LogP contribution in [0.1, 0.15) is 26.3 Å². The van der Waals surface area contributed by atoms with Gasteiger partial charge in [0, 0.05) is 31.7 Å². The standard InChI is InChI=1S/C19H32N2O4/c1-19(2,3)20-12-15-5-6-17(18(11-15)23-4)25-14-16(22)13-21-7-9-24-10-8-21/h5-6,11,16,20,22H,7-10,12-14H2,1-4H3/t16-/m1/s1. The Morgan fingerprint density at radius 2 is 1.96 bits per heavy atom. The lowest BCUT2D eigenvalue weighted by Crippen LogP contribution is -2.42. The molecule has 0 saturated carbocycles. The first-order valence-corrected chi connectivity index (χ1v) is 8.90. The maximum atomic E-state index is 10.2. The average molecular weight is 352 g/mol. The maximum Gasteiger partial charge on any atom is 0.161 e. The molecule has 0 aliphatic carbocycles. The molecular formula is C19H32N2O4. The molecule has 1 aliphatic rings. The number of hydrogen-bond acceptors (Lipinski definition) is 6. The van der Waals surface area contributed by atoms with E-state index >= 15 is 0 Å². The van der Waals surface area contributed by atoms with Gasteiger partial charge in [-0.1, -0.05) is 6.07 Å². The molecule has 0 aromatic heterocycles. The molecular weight excluding hydrogens is 320 g/mol. The van der Waals surface area contributed by atoms with Crippen LogP contribution in [0.5, 0.6) is 11.5 Å². The SMILES string of the molecule is COc1cc(CNC(C)(C)C)ccc1OC[C@H](O)CN1CCOCC1. The summed E-state index contributed by atoms with van der Waals surface area (Å²) >= 11 is 0. The second-order valence-corrected chi connectivity index (χ2v) is 7.47. The molecule has 1 atom stereocenters. The first-order chi connectivity index (χ1) is 11.9. The lowest BCUT2D eigenvalue weighted by Gasteiger charge is -2.28. The number of aliphatic hydroxyl groups is 1. The van der Waals surface area contributed by atoms with Gasteiger partial charge in [0.25, 0.3) is 0 Å². The average Bonchev–Trinajstić information content (AvgIpc) is 2.58. The van der Waals surface area contributed by atoms with Crippen LogP contribution in [0, 0.1) is 0 Å². The zero-order chi connectivity index (χ0) is 18.3. The molecule has 1 aromatic carbocycles. The smallest absolute Gasteiger partial charge is 0.161 e. The van der Waals surface area contributed by atoms with E-state index in [-0.39, 0.29) is 12.1 Å². The van der Waals surface area contributed by atoms with E-state index in [1.165, 1.54) is 0 Å². The molecule has 1 fully saturated rings. The van der Waals surface area contributed by atoms with E-state index in [0.29, 0.717) is 18.0 Å². The summed E-state index contributed by atoms with van der Waals surface area (Å²) in [5.74, 6) is 1.34. The fraction of sp³-hybridized carbons (Fsp3) is 0.684. The number of nitrogens with one attached hydrogen (secondary N) is 1. The third-order valence-corrected chi connectivity index (χ3v) is 4.05. The van der Waals surface area contributed by atoms with Gasteiger partial charge in [0.05, 0.1) is 20.3 Å². The van der Waals surface area contributed by atoms with Crippen molar-refractivity contribution in [3.63, 3.8) is 0 Å². The van der Waals surface area contributed by atoms with Gasteiger partial charge < -0.3 is 24.6 Å². The van der Waals surface area contributed by atoms with Crippen LogP contribution in [-0.2, 0) is 11.3 Å². The van der Waals surface area contributed by atoms with Crippen molar-refractivity contribution >= 4 is 0 Å². The first kappa shape index (κ1) is 20.0. The summed E-state index contributed by atoms with van der Waals surface area (Å²) < 4.78 is 16.5. The lowest BCUT2D eigenvalue weighted by molar-refractivity contribution is 0.00445. The van der Waals surface area contributed by atoms with Gasteiger partial charge >= 0.3 is 0 Å². The normalized spacial score (nSPS) is 17.3. The van der Waals surface area contributed by atoms with Crippen LogP contribution in [-0.4, -0.2) is 68.2 Å². The van der Waals surface area contributed by atoms with Crippen molar-refractivity contribution in [1.29, 1.82) is 0 Å². The van der Waals surface area contributed by atoms with Crippen molar-refractivity contribution < 1.29 is 19.3 Å². The highest BCUT2D eigenvalue weighted by molar-refractivity contribution is 5.43. The zero-order valence-corrected chi connectivity index (χ0v) is 15.9. The molecule has 0 unspecified atom stereocenters. The highest BCUT2D eigenvalue weighted by Crippen LogP contribution is 2.28. The van der Waals surface area contributed by atoms with Crippen LogP contribution in [0.25, 0.3) is 0 Å². The Kier molecular flexibility index (Phi) is 7.50. The van der Waals surface area contributed by atoms with Gasteiger partial charge in [0.15, 0.2) is 11.5 Å². The molecule has 1 aliphatic heterocycles. The largest absolute Gasteiger partial charge is 0.493 e. The Bertz CT molecular complexity index is 525. The summed E-state index contributed by atoms with van der Waals surface area (Å²) in [5.41, 5.74) is 1.19. The van der Waals surface area contributed by atoms with Gasteiger partial charge in [-0.15, -0.1) is 0 Å². The Morgan fingerprint density at radius 3 is 2.60 bits per heavy atom. The predicted octanol–water partition coefficient (Wildman–Crippen LogP) is 1.66. The second-order valence-electron chi connectivity index (χ2n) is 7.47. The number of hydrogen-bond donors (Lipinski definition) is 2. The summed E-state index contributed by atoms with van der Waals surface area (Å²) in [6.45, 7) is 11.2. The van der Waals surface area contributed by atoms with E-state index in [2.05, 4.69) is 31.0 Å². The number of aliphatic hydroxyl groups excluding tert-OH is 1. The summed E-state index contributed by atoms with van der Waals surface area (Å²) in [6.07, 6.45) is -0.537. The van der Waals surface area contributed by atoms with Gasteiger partial charge in [-0.2, -0.15) is 0 Å². The van der Waals surface area contributed by atoms with Crippen LogP contribution in [0.4, 0.5) is 0 Å². The molecule has 0 radical (unpaired) electrons. The fourth-order valence-corrected chi connectivity index (χ4v) is 2.63. The van der Waals surface area contributed by atoms with E-state index in [1.54, 1.807) is 7.11 Å². The molecule has 142 valence electrons. The monoisotopic (exact) mass is 352 g/mol. The molecule has 0 amide bonds. The Balaban J connectivity index is 1.85. The molecule has 0 bridgehead atoms. The summed E-state index contributed by atoms with van der Waals surface area (Å²) in [4.78, 5) is 2.19. The fourth-order valence-electron chi connectivity index (χ4n) is 2.63. The molecule has 1 heterocycles. The van der Waals surface area contributed by atoms with Crippen LogP contribution >= 0.6 is 0 Å². The van der Waals surface area contributed by atoms with Crippen molar-refractivity contribution in [3.05, 3.63) is 23.8 Å². The molecule has 2 N–H and O–H groups in total. The molecule has 2 rings (SSSR count). The number of ether oxygens (including phenoxy) is 3. The maximum absolute atomic E-state index is 10.2. The number of morpholine rings is 1. The Hall–Kier alpha value is -1.34. The quantitative estimate of drug-likeness (QED) is 0.742. The van der Waals surface area contributed by atoms with Gasteiger partial charge in [-0.05, 0) is 38.5 Å². The van der Waals surface area contributed by atoms with Crippen LogP contribution in [0.3, 0.4) is 0 Å². The summed E-state index contributed by atoms with van der Waals surface area (Å²) in [7, 11) is 1.63. The molecule has 6 nitrogen and oxygen atoms in total. The zero-order valence-electron chi connectivity index (χ0n) is 15.9. The molecule has 1 saturated heterocycles. The number of benzene rings is 1. The number of β-amino-alcohol motifs (C(OH)–C–C–N with tert-alkyl or cyclic N) is 1. The van der Waals surface area contributed by atoms with E-state index in [0.717, 1.165) is 38.4 Å². The van der Waals surface area contributed by atoms with E-state index in [4.69, 9.17) is 14.2 Å². The van der Waals surface area contributed by atoms with Gasteiger partial charge in [0.2, 0.25) is 0 Å². The van der Waals surface area contributed by atoms with Gasteiger partial charge in [-0.25, -0.2) is 0 Å². The summed E-state index contributed by atoms with van der Waals surface area (Å²) in [6, 6.07) is 5.90. The summed E-state index contributed by atoms with van der Waals surface area (Å²) in [5, 5.41) is 13.6. The van der Waals surface area contributed by atoms with E-state index < -0.39 is 6.10 Å². The molecule has 25 heavy (non-hydrogen) atoms. The van der Waals surface area contributed by atoms with Crippen molar-refractivity contribution in [2.45, 2.75) is 39.0 Å². The Morgan fingerprint density at radius 1 is 1.24 bits per heavy atom. The van der Waals surface area contributed by atoms with Gasteiger partial charge in [-0.3, -0.25) is 4.90 Å². The van der Waals surface area contributed by atoms with Crippen molar-refractivity contribution in [1.82, 2.24) is 10.2 Å². The lowest BCUT2D eigenvalue weighted by atomic mass is 10.1. The van der Waals surface area contributed by atoms with Crippen molar-refractivity contribution in [2.75, 3.05) is 46.6 Å². The van der Waals surface area contributed by atoms with Crippen molar-refractivity contribution in [3.8, 4) is 11.5 Å². The van der Waals surface area contributed by atoms with E-state index in [9.17, 15) is 5.11 Å². The van der Waals surface area contributed by atoms with Crippen molar-refractivity contribution in [2.24, 2.45) is 0 Å². The van der Waals surface area contributed by atoms with Gasteiger partial charge in [0.1, 0.15) is 12.7 Å². The minimum absolute atomic E-state index is 0.0615. The Labute approximate surface area is 151 Å². The number of nitrogens with zero attached hydrogens (tertiary/aromatic N) is 1. The van der Waals surface area contributed by atoms with Crippen LogP contribution in [0.15, 0.2) is 18.2 Å². The topological polar surface area (TPSA) is 63.2 Å². The molecule has 6 heteroatoms. The van der Waals surface area contributed by atoms with Crippen LogP contribution in [0.2, 0.25) is 0 Å². The molecule has 1 aromatic rings. The second kappa shape index (κ2) is 9.38. The van der Waals surface area contributed by atoms with Crippen LogP contribution < -0.4 is 14.8 Å². The number of rotatable bonds is 8. The first-order valence-electron chi connectivity index (χ1n) is 8.90. The highest BCUT2D eigenvalue weighted by atomic mass is 16.5. The third kappa shape index (κ3) is 7.20. The highest BCUT2D eigenvalue weighted by Gasteiger charge is 2.16.